The van der Waals surface area contributed by atoms with Gasteiger partial charge in [0.25, 0.3) is 0 Å². The number of alkyl halides is 2. The van der Waals surface area contributed by atoms with Gasteiger partial charge in [0, 0.05) is 0 Å². The van der Waals surface area contributed by atoms with Crippen LogP contribution in [0.5, 0.6) is 0 Å². The average Bonchev–Trinajstić information content (AvgIpc) is 3.12. The van der Waals surface area contributed by atoms with E-state index in [1.165, 1.54) is 10.5 Å². The molecule has 1 unspecified atom stereocenters. The first-order valence-electron chi connectivity index (χ1n) is 6.43. The van der Waals surface area contributed by atoms with Gasteiger partial charge in [-0.2, -0.15) is 0 Å². The molecule has 6 atom stereocenters. The average molecular weight is 372 g/mol. The molecule has 2 N–H and O–H groups in total. The van der Waals surface area contributed by atoms with E-state index in [1.807, 2.05) is 6.08 Å². The van der Waals surface area contributed by atoms with Crippen LogP contribution in [0.4, 0.5) is 0 Å². The van der Waals surface area contributed by atoms with Crippen LogP contribution in [-0.2, 0) is 9.47 Å². The molecule has 4 rings (SSSR count). The van der Waals surface area contributed by atoms with Gasteiger partial charge in [0.05, 0.1) is 0 Å². The Morgan fingerprint density at radius 1 is 1.32 bits per heavy atom. The van der Waals surface area contributed by atoms with Gasteiger partial charge in [0.1, 0.15) is 0 Å². The molecule has 2 fully saturated rings. The SMILES string of the molecule is N=C1C=C[C@@H](O)[C@@H]([C@@H]2[C@H]3C=CC=C[C@H](O3)C23C[I-]3)O1. The molecule has 0 saturated carbocycles. The standard InChI is InChI=1S/C14H15INO3/c16-11-6-5-8(17)13(19-11)12-9-3-1-2-4-10(18-9)14(12)7-15-14/h1-6,8-10,12-13,16-17H,7H2/q-1/t8-,9-,10+,12+,13+,14?/m1/s1. The first-order chi connectivity index (χ1) is 9.21. The summed E-state index contributed by atoms with van der Waals surface area (Å²) in [4.78, 5) is 0. The first kappa shape index (κ1) is 12.1. The second-order valence-electron chi connectivity index (χ2n) is 5.31. The molecule has 0 radical (unpaired) electrons. The Bertz CT molecular complexity index is 509. The van der Waals surface area contributed by atoms with E-state index >= 15 is 0 Å². The van der Waals surface area contributed by atoms with Gasteiger partial charge in [-0.3, -0.25) is 0 Å². The number of nitrogens with one attached hydrogen (secondary N) is 1. The van der Waals surface area contributed by atoms with Crippen molar-refractivity contribution in [2.24, 2.45) is 5.92 Å². The molecule has 4 aliphatic rings. The molecule has 2 saturated heterocycles. The molecule has 0 aromatic rings. The molecule has 19 heavy (non-hydrogen) atoms. The van der Waals surface area contributed by atoms with E-state index in [0.29, 0.717) is 0 Å². The van der Waals surface area contributed by atoms with Gasteiger partial charge < -0.3 is 0 Å². The Kier molecular flexibility index (Phi) is 2.65. The second kappa shape index (κ2) is 4.17. The molecule has 4 aliphatic heterocycles. The molecule has 0 aromatic heterocycles. The van der Waals surface area contributed by atoms with Crippen LogP contribution in [0.2, 0.25) is 0 Å². The van der Waals surface area contributed by atoms with E-state index in [4.69, 9.17) is 14.9 Å². The summed E-state index contributed by atoms with van der Waals surface area (Å²) < 4.78 is 13.2. The second-order valence-corrected chi connectivity index (χ2v) is 8.84. The maximum atomic E-state index is 10.2. The predicted molar refractivity (Wildman–Crippen MR) is 65.8 cm³/mol. The topological polar surface area (TPSA) is 62.5 Å². The van der Waals surface area contributed by atoms with E-state index in [9.17, 15) is 5.11 Å². The summed E-state index contributed by atoms with van der Waals surface area (Å²) in [5.74, 6) is 0.315. The summed E-state index contributed by atoms with van der Waals surface area (Å²) in [6.45, 7) is 0. The van der Waals surface area contributed by atoms with Gasteiger partial charge in [0.15, 0.2) is 0 Å². The molecular weight excluding hydrogens is 357 g/mol. The van der Waals surface area contributed by atoms with E-state index < -0.39 is 6.10 Å². The van der Waals surface area contributed by atoms with Gasteiger partial charge in [-0.1, -0.05) is 0 Å². The van der Waals surface area contributed by atoms with Crippen LogP contribution in [0.25, 0.3) is 0 Å². The number of hydrogen-bond donors (Lipinski definition) is 2. The predicted octanol–water partition coefficient (Wildman–Crippen LogP) is -2.37. The van der Waals surface area contributed by atoms with Crippen molar-refractivity contribution >= 4 is 5.90 Å². The Morgan fingerprint density at radius 3 is 2.89 bits per heavy atom. The van der Waals surface area contributed by atoms with Crippen molar-refractivity contribution in [1.82, 2.24) is 0 Å². The van der Waals surface area contributed by atoms with Crippen LogP contribution in [0, 0.1) is 11.3 Å². The van der Waals surface area contributed by atoms with Crippen molar-refractivity contribution in [2.75, 3.05) is 4.43 Å². The molecule has 0 amide bonds. The van der Waals surface area contributed by atoms with E-state index in [2.05, 4.69) is 18.2 Å². The van der Waals surface area contributed by atoms with Gasteiger partial charge >= 0.3 is 122 Å². The third kappa shape index (κ3) is 1.75. The monoisotopic (exact) mass is 372 g/mol. The number of ether oxygens (including phenoxy) is 2. The summed E-state index contributed by atoms with van der Waals surface area (Å²) in [6.07, 6.45) is 10.7. The zero-order valence-electron chi connectivity index (χ0n) is 10.2. The van der Waals surface area contributed by atoms with Crippen molar-refractivity contribution in [2.45, 2.75) is 27.8 Å². The number of hydrogen-bond acceptors (Lipinski definition) is 4. The number of aliphatic hydroxyl groups is 1. The van der Waals surface area contributed by atoms with Crippen LogP contribution in [0.15, 0.2) is 36.5 Å². The van der Waals surface area contributed by atoms with Crippen LogP contribution in [0.1, 0.15) is 0 Å². The van der Waals surface area contributed by atoms with Crippen LogP contribution in [-0.4, -0.2) is 43.3 Å². The molecule has 4 nitrogen and oxygen atoms in total. The maximum absolute atomic E-state index is 10.2. The summed E-state index contributed by atoms with van der Waals surface area (Å²) in [6, 6.07) is 0. The van der Waals surface area contributed by atoms with Crippen molar-refractivity contribution < 1.29 is 35.8 Å². The summed E-state index contributed by atoms with van der Waals surface area (Å²) in [5.41, 5.74) is 0. The minimum atomic E-state index is -0.637. The van der Waals surface area contributed by atoms with E-state index in [-0.39, 0.29) is 54.8 Å². The first-order valence-corrected chi connectivity index (χ1v) is 9.03. The van der Waals surface area contributed by atoms with Gasteiger partial charge in [0.2, 0.25) is 0 Å². The fraction of sp³-hybridized carbons (Fsp3) is 0.500. The number of halogens is 1. The van der Waals surface area contributed by atoms with Crippen molar-refractivity contribution in [1.29, 1.82) is 5.41 Å². The van der Waals surface area contributed by atoms with Crippen molar-refractivity contribution in [3.63, 3.8) is 0 Å². The Labute approximate surface area is 121 Å². The van der Waals surface area contributed by atoms with Gasteiger partial charge in [-0.15, -0.1) is 0 Å². The number of aliphatic hydroxyl groups excluding tert-OH is 1. The third-order valence-electron chi connectivity index (χ3n) is 4.22. The van der Waals surface area contributed by atoms with Gasteiger partial charge in [-0.25, -0.2) is 0 Å². The molecule has 0 aliphatic carbocycles. The fourth-order valence-electron chi connectivity index (χ4n) is 3.24. The molecule has 1 spiro atoms. The zero-order chi connectivity index (χ0) is 13.0. The quantitative estimate of drug-likeness (QED) is 0.400. The summed E-state index contributed by atoms with van der Waals surface area (Å²) >= 11 is 0.107. The fourth-order valence-corrected chi connectivity index (χ4v) is 6.63. The summed E-state index contributed by atoms with van der Waals surface area (Å²) in [7, 11) is 0. The molecule has 102 valence electrons. The van der Waals surface area contributed by atoms with Crippen molar-refractivity contribution in [3.05, 3.63) is 36.5 Å². The summed E-state index contributed by atoms with van der Waals surface area (Å²) in [5, 5.41) is 17.9. The molecule has 4 heterocycles. The number of rotatable bonds is 1. The molecule has 0 aromatic carbocycles. The van der Waals surface area contributed by atoms with Crippen molar-refractivity contribution in [3.8, 4) is 0 Å². The number of fused-ring (bicyclic) bond motifs is 3. The van der Waals surface area contributed by atoms with E-state index in [0.717, 1.165) is 0 Å². The number of allylic oxidation sites excluding steroid dienone is 2. The Hall–Kier alpha value is -0.660. The van der Waals surface area contributed by atoms with Crippen LogP contribution < -0.4 is 21.2 Å². The molecule has 5 heteroatoms. The Morgan fingerprint density at radius 2 is 2.11 bits per heavy atom. The van der Waals surface area contributed by atoms with Crippen LogP contribution >= 0.6 is 0 Å². The van der Waals surface area contributed by atoms with Gasteiger partial charge in [-0.05, 0) is 0 Å². The third-order valence-corrected chi connectivity index (χ3v) is 8.08. The zero-order valence-corrected chi connectivity index (χ0v) is 12.4. The normalized spacial score (nSPS) is 50.8. The van der Waals surface area contributed by atoms with E-state index in [1.54, 1.807) is 6.08 Å². The molecular formula is C14H15INO3-. The molecule has 2 bridgehead atoms. The van der Waals surface area contributed by atoms with Crippen LogP contribution in [0.3, 0.4) is 0 Å². The Balaban J connectivity index is 1.71. The minimum absolute atomic E-state index is 0.00106.